The first kappa shape index (κ1) is 20.4. The van der Waals surface area contributed by atoms with Crippen molar-refractivity contribution >= 4 is 51.5 Å². The summed E-state index contributed by atoms with van der Waals surface area (Å²) in [5, 5.41) is 6.98. The predicted octanol–water partition coefficient (Wildman–Crippen LogP) is 2.07. The molecular weight excluding hydrogens is 426 g/mol. The molecule has 0 fully saturated rings. The SMILES string of the molecule is Nc1nc(SCC(=O)Nc2nccs2)[nH]c(=O)c1NC(=O)c1ccc(F)c(F)c1. The number of hydrogen-bond donors (Lipinski definition) is 4. The van der Waals surface area contributed by atoms with Crippen LogP contribution in [-0.4, -0.2) is 32.5 Å². The van der Waals surface area contributed by atoms with Crippen molar-refractivity contribution in [3.8, 4) is 0 Å². The highest BCUT2D eigenvalue weighted by molar-refractivity contribution is 7.99. The van der Waals surface area contributed by atoms with Crippen molar-refractivity contribution in [3.63, 3.8) is 0 Å². The molecule has 0 aliphatic rings. The van der Waals surface area contributed by atoms with Crippen LogP contribution in [0.5, 0.6) is 0 Å². The fourth-order valence-electron chi connectivity index (χ4n) is 2.06. The minimum atomic E-state index is -1.21. The largest absolute Gasteiger partial charge is 0.382 e. The Morgan fingerprint density at radius 2 is 2.03 bits per heavy atom. The second-order valence-electron chi connectivity index (χ2n) is 5.39. The molecule has 0 atom stereocenters. The monoisotopic (exact) mass is 438 g/mol. The summed E-state index contributed by atoms with van der Waals surface area (Å²) >= 11 is 2.18. The molecule has 3 rings (SSSR count). The molecule has 0 saturated carbocycles. The van der Waals surface area contributed by atoms with E-state index in [1.165, 1.54) is 11.3 Å². The van der Waals surface area contributed by atoms with Crippen LogP contribution in [0.15, 0.2) is 39.7 Å². The van der Waals surface area contributed by atoms with E-state index in [9.17, 15) is 23.2 Å². The minimum Gasteiger partial charge on any atom is -0.382 e. The van der Waals surface area contributed by atoms with Gasteiger partial charge in [-0.25, -0.2) is 18.7 Å². The third-order valence-corrected chi connectivity index (χ3v) is 4.93. The van der Waals surface area contributed by atoms with Gasteiger partial charge in [0, 0.05) is 17.1 Å². The van der Waals surface area contributed by atoms with Crippen molar-refractivity contribution in [2.75, 3.05) is 22.1 Å². The van der Waals surface area contributed by atoms with Gasteiger partial charge in [-0.3, -0.25) is 19.4 Å². The highest BCUT2D eigenvalue weighted by Crippen LogP contribution is 2.18. The van der Waals surface area contributed by atoms with Crippen molar-refractivity contribution in [1.29, 1.82) is 0 Å². The molecule has 0 bridgehead atoms. The normalized spacial score (nSPS) is 10.6. The summed E-state index contributed by atoms with van der Waals surface area (Å²) in [5.74, 6) is -3.91. The number of aromatic amines is 1. The molecule has 0 spiro atoms. The van der Waals surface area contributed by atoms with Crippen LogP contribution < -0.4 is 21.9 Å². The third-order valence-electron chi connectivity index (χ3n) is 3.36. The lowest BCUT2D eigenvalue weighted by molar-refractivity contribution is -0.113. The maximum atomic E-state index is 13.3. The second-order valence-corrected chi connectivity index (χ2v) is 7.25. The number of H-pyrrole nitrogens is 1. The zero-order valence-corrected chi connectivity index (χ0v) is 16.0. The van der Waals surface area contributed by atoms with Gasteiger partial charge in [-0.05, 0) is 18.2 Å². The summed E-state index contributed by atoms with van der Waals surface area (Å²) in [6.45, 7) is 0. The van der Waals surface area contributed by atoms with Crippen molar-refractivity contribution in [1.82, 2.24) is 15.0 Å². The number of rotatable bonds is 6. The topological polar surface area (TPSA) is 143 Å². The summed E-state index contributed by atoms with van der Waals surface area (Å²) in [5.41, 5.74) is 4.39. The van der Waals surface area contributed by atoms with E-state index in [-0.39, 0.29) is 33.9 Å². The number of hydrogen-bond acceptors (Lipinski definition) is 8. The highest BCUT2D eigenvalue weighted by Gasteiger charge is 2.16. The van der Waals surface area contributed by atoms with Crippen LogP contribution in [0.3, 0.4) is 0 Å². The lowest BCUT2D eigenvalue weighted by Crippen LogP contribution is -2.23. The van der Waals surface area contributed by atoms with E-state index in [1.807, 2.05) is 0 Å². The summed E-state index contributed by atoms with van der Waals surface area (Å²) in [6, 6.07) is 2.52. The molecule has 29 heavy (non-hydrogen) atoms. The van der Waals surface area contributed by atoms with Crippen molar-refractivity contribution in [2.45, 2.75) is 5.16 Å². The summed E-state index contributed by atoms with van der Waals surface area (Å²) in [4.78, 5) is 46.4. The first-order chi connectivity index (χ1) is 13.8. The molecule has 0 aliphatic carbocycles. The van der Waals surface area contributed by atoms with Gasteiger partial charge in [0.1, 0.15) is 5.69 Å². The smallest absolute Gasteiger partial charge is 0.277 e. The molecule has 150 valence electrons. The maximum Gasteiger partial charge on any atom is 0.277 e. The van der Waals surface area contributed by atoms with Crippen molar-refractivity contribution in [2.24, 2.45) is 0 Å². The van der Waals surface area contributed by atoms with Crippen LogP contribution in [0.25, 0.3) is 0 Å². The Balaban J connectivity index is 1.67. The second kappa shape index (κ2) is 8.79. The van der Waals surface area contributed by atoms with E-state index in [2.05, 4.69) is 25.6 Å². The molecule has 13 heteroatoms. The van der Waals surface area contributed by atoms with Crippen molar-refractivity contribution < 1.29 is 18.4 Å². The van der Waals surface area contributed by atoms with Gasteiger partial charge in [0.25, 0.3) is 11.5 Å². The first-order valence-electron chi connectivity index (χ1n) is 7.82. The minimum absolute atomic E-state index is 0.0626. The van der Waals surface area contributed by atoms with Crippen LogP contribution in [-0.2, 0) is 4.79 Å². The summed E-state index contributed by atoms with van der Waals surface area (Å²) < 4.78 is 26.2. The van der Waals surface area contributed by atoms with Crippen molar-refractivity contribution in [3.05, 3.63) is 57.3 Å². The molecule has 2 heterocycles. The Kier molecular flexibility index (Phi) is 6.19. The Morgan fingerprint density at radius 1 is 1.24 bits per heavy atom. The third kappa shape index (κ3) is 5.14. The van der Waals surface area contributed by atoms with Crippen LogP contribution in [0.2, 0.25) is 0 Å². The number of aromatic nitrogens is 3. The number of nitrogens with two attached hydrogens (primary N) is 1. The molecule has 0 radical (unpaired) electrons. The number of halogens is 2. The van der Waals surface area contributed by atoms with E-state index in [1.54, 1.807) is 11.6 Å². The molecule has 1 aromatic carbocycles. The number of nitrogen functional groups attached to an aromatic ring is 1. The number of nitrogens with one attached hydrogen (secondary N) is 3. The van der Waals surface area contributed by atoms with Gasteiger partial charge < -0.3 is 16.4 Å². The van der Waals surface area contributed by atoms with Crippen LogP contribution in [0.1, 0.15) is 10.4 Å². The Bertz CT molecular complexity index is 1120. The fraction of sp³-hybridized carbons (Fsp3) is 0.0625. The van der Waals surface area contributed by atoms with Crippen LogP contribution in [0, 0.1) is 11.6 Å². The number of amides is 2. The number of nitrogens with zero attached hydrogens (tertiary/aromatic N) is 2. The van der Waals surface area contributed by atoms with E-state index < -0.39 is 23.1 Å². The van der Waals surface area contributed by atoms with Crippen LogP contribution in [0.4, 0.5) is 25.4 Å². The molecule has 2 aromatic heterocycles. The Hall–Kier alpha value is -3.32. The lowest BCUT2D eigenvalue weighted by atomic mass is 10.2. The average Bonchev–Trinajstić information content (AvgIpc) is 3.18. The van der Waals surface area contributed by atoms with E-state index >= 15 is 0 Å². The molecule has 3 aromatic rings. The first-order valence-corrected chi connectivity index (χ1v) is 9.68. The Labute approximate surface area is 169 Å². The summed E-state index contributed by atoms with van der Waals surface area (Å²) in [6.07, 6.45) is 1.54. The lowest BCUT2D eigenvalue weighted by Gasteiger charge is -2.08. The molecule has 2 amide bonds. The number of anilines is 3. The standard InChI is InChI=1S/C16H12F2N6O3S2/c17-8-2-1-7(5-9(8)18)13(26)22-11-12(19)23-16(24-14(11)27)29-6-10(25)21-15-20-3-4-28-15/h1-5H,6H2,(H,22,26)(H,20,21,25)(H3,19,23,24,27). The fourth-order valence-corrected chi connectivity index (χ4v) is 3.27. The van der Waals surface area contributed by atoms with Gasteiger partial charge in [-0.2, -0.15) is 0 Å². The van der Waals surface area contributed by atoms with Gasteiger partial charge in [0.15, 0.2) is 27.7 Å². The average molecular weight is 438 g/mol. The Morgan fingerprint density at radius 3 is 2.69 bits per heavy atom. The number of thiazole rings is 1. The predicted molar refractivity (Wildman–Crippen MR) is 105 cm³/mol. The van der Waals surface area contributed by atoms with Gasteiger partial charge >= 0.3 is 0 Å². The number of carbonyl (C=O) groups is 2. The molecule has 0 saturated heterocycles. The molecule has 0 unspecified atom stereocenters. The zero-order valence-electron chi connectivity index (χ0n) is 14.4. The zero-order chi connectivity index (χ0) is 21.0. The number of carbonyl (C=O) groups excluding carboxylic acids is 2. The van der Waals surface area contributed by atoms with Crippen LogP contribution >= 0.6 is 23.1 Å². The molecule has 9 nitrogen and oxygen atoms in total. The molecule has 5 N–H and O–H groups in total. The number of thioether (sulfide) groups is 1. The quantitative estimate of drug-likeness (QED) is 0.341. The van der Waals surface area contributed by atoms with Gasteiger partial charge in [-0.1, -0.05) is 11.8 Å². The van der Waals surface area contributed by atoms with E-state index in [0.29, 0.717) is 11.2 Å². The maximum absolute atomic E-state index is 13.3. The van der Waals surface area contributed by atoms with E-state index in [0.717, 1.165) is 23.9 Å². The van der Waals surface area contributed by atoms with Gasteiger partial charge in [0.2, 0.25) is 5.91 Å². The van der Waals surface area contributed by atoms with Gasteiger partial charge in [0.05, 0.1) is 5.75 Å². The molecular formula is C16H12F2N6O3S2. The summed E-state index contributed by atoms with van der Waals surface area (Å²) in [7, 11) is 0. The van der Waals surface area contributed by atoms with Gasteiger partial charge in [-0.15, -0.1) is 11.3 Å². The number of benzene rings is 1. The van der Waals surface area contributed by atoms with E-state index in [4.69, 9.17) is 5.73 Å². The molecule has 0 aliphatic heterocycles. The highest BCUT2D eigenvalue weighted by atomic mass is 32.2.